The van der Waals surface area contributed by atoms with E-state index in [-0.39, 0.29) is 6.10 Å². The average molecular weight is 512 g/mol. The molecule has 31 heavy (non-hydrogen) atoms. The van der Waals surface area contributed by atoms with Crippen molar-refractivity contribution in [1.82, 2.24) is 19.6 Å². The van der Waals surface area contributed by atoms with Gasteiger partial charge in [0.15, 0.2) is 16.0 Å². The van der Waals surface area contributed by atoms with Gasteiger partial charge >= 0.3 is 0 Å². The molecule has 0 radical (unpaired) electrons. The van der Waals surface area contributed by atoms with E-state index in [9.17, 15) is 0 Å². The van der Waals surface area contributed by atoms with E-state index in [2.05, 4.69) is 28.4 Å². The number of ether oxygens (including phenoxy) is 1. The Morgan fingerprint density at radius 1 is 1.23 bits per heavy atom. The molecule has 5 nitrogen and oxygen atoms in total. The molecule has 162 valence electrons. The summed E-state index contributed by atoms with van der Waals surface area (Å²) < 4.78 is 8.15. The molecule has 4 aromatic rings. The molecule has 0 saturated carbocycles. The van der Waals surface area contributed by atoms with Gasteiger partial charge in [-0.2, -0.15) is 0 Å². The van der Waals surface area contributed by atoms with Gasteiger partial charge in [-0.05, 0) is 35.4 Å². The van der Waals surface area contributed by atoms with Crippen LogP contribution in [0.15, 0.2) is 28.5 Å². The number of benzene rings is 1. The topological polar surface area (TPSA) is 52.3 Å². The summed E-state index contributed by atoms with van der Waals surface area (Å²) in [4.78, 5) is 7.22. The van der Waals surface area contributed by atoms with Crippen LogP contribution in [0.3, 0.4) is 0 Å². The maximum absolute atomic E-state index is 6.36. The molecule has 0 spiro atoms. The molecule has 10 heteroatoms. The second-order valence-electron chi connectivity index (χ2n) is 7.71. The smallest absolute Gasteiger partial charge is 0.198 e. The number of nitrogens with zero attached hydrogens (tertiary/aromatic N) is 4. The van der Waals surface area contributed by atoms with Gasteiger partial charge in [-0.3, -0.25) is 0 Å². The van der Waals surface area contributed by atoms with E-state index in [4.69, 9.17) is 32.9 Å². The predicted molar refractivity (Wildman–Crippen MR) is 131 cm³/mol. The van der Waals surface area contributed by atoms with Crippen molar-refractivity contribution in [2.45, 2.75) is 49.0 Å². The average Bonchev–Trinajstić information content (AvgIpc) is 3.33. The van der Waals surface area contributed by atoms with Crippen molar-refractivity contribution in [3.63, 3.8) is 0 Å². The zero-order valence-electron chi connectivity index (χ0n) is 17.2. The quantitative estimate of drug-likeness (QED) is 0.218. The fourth-order valence-electron chi connectivity index (χ4n) is 3.79. The third-order valence-corrected chi connectivity index (χ3v) is 8.89. The summed E-state index contributed by atoms with van der Waals surface area (Å²) in [5.41, 5.74) is 3.08. The summed E-state index contributed by atoms with van der Waals surface area (Å²) in [7, 11) is 0. The molecule has 0 fully saturated rings. The molecule has 0 N–H and O–H groups in total. The second-order valence-corrected chi connectivity index (χ2v) is 11.3. The lowest BCUT2D eigenvalue weighted by atomic mass is 9.96. The lowest BCUT2D eigenvalue weighted by Crippen LogP contribution is -2.26. The molecule has 1 aromatic carbocycles. The molecular weight excluding hydrogens is 491 g/mol. The molecule has 4 heterocycles. The maximum Gasteiger partial charge on any atom is 0.198 e. The molecule has 0 bridgehead atoms. The van der Waals surface area contributed by atoms with Crippen LogP contribution in [0.25, 0.3) is 15.9 Å². The number of thioether (sulfide) groups is 2. The maximum atomic E-state index is 6.36. The first-order valence-electron chi connectivity index (χ1n) is 9.88. The van der Waals surface area contributed by atoms with Crippen molar-refractivity contribution in [1.29, 1.82) is 0 Å². The van der Waals surface area contributed by atoms with Crippen molar-refractivity contribution < 1.29 is 4.74 Å². The Bertz CT molecular complexity index is 1270. The Morgan fingerprint density at radius 2 is 2.00 bits per heavy atom. The van der Waals surface area contributed by atoms with Gasteiger partial charge in [0.2, 0.25) is 0 Å². The third kappa shape index (κ3) is 3.85. The standard InChI is InChI=1S/C21H20Cl2N4OS3/c1-10(2)15-7-11-16(8-28-15)31-19-17(11)18-25-26-21(27(18)20(24-19)29-3)30-9-12-13(22)5-4-6-14(12)23/h4-6,10,15H,7-9H2,1-3H3/t15-/m0/s1. The minimum absolute atomic E-state index is 0.213. The van der Waals surface area contributed by atoms with Crippen LogP contribution in [0, 0.1) is 5.92 Å². The highest BCUT2D eigenvalue weighted by atomic mass is 35.5. The zero-order chi connectivity index (χ0) is 21.7. The monoisotopic (exact) mass is 510 g/mol. The summed E-state index contributed by atoms with van der Waals surface area (Å²) in [6, 6.07) is 5.56. The first-order chi connectivity index (χ1) is 15.0. The van der Waals surface area contributed by atoms with Crippen LogP contribution < -0.4 is 0 Å². The molecule has 0 amide bonds. The molecule has 1 aliphatic heterocycles. The molecule has 0 aliphatic carbocycles. The van der Waals surface area contributed by atoms with Gasteiger partial charge in [0.1, 0.15) is 4.83 Å². The first-order valence-corrected chi connectivity index (χ1v) is 13.7. The third-order valence-electron chi connectivity index (χ3n) is 5.48. The summed E-state index contributed by atoms with van der Waals surface area (Å²) in [6.45, 7) is 5.05. The summed E-state index contributed by atoms with van der Waals surface area (Å²) >= 11 is 17.6. The Hall–Kier alpha value is -1.03. The second kappa shape index (κ2) is 8.72. The number of hydrogen-bond donors (Lipinski definition) is 0. The molecule has 0 saturated heterocycles. The number of fused-ring (bicyclic) bond motifs is 5. The highest BCUT2D eigenvalue weighted by Gasteiger charge is 2.29. The number of rotatable bonds is 5. The van der Waals surface area contributed by atoms with Crippen molar-refractivity contribution in [2.75, 3.05) is 6.26 Å². The van der Waals surface area contributed by atoms with Crippen LogP contribution in [0.1, 0.15) is 29.9 Å². The SMILES string of the molecule is CSc1nc2sc3c(c2c2nnc(SCc4c(Cl)cccc4Cl)n12)C[C@@H](C(C)C)OC3. The van der Waals surface area contributed by atoms with Crippen LogP contribution in [0.5, 0.6) is 0 Å². The van der Waals surface area contributed by atoms with Gasteiger partial charge < -0.3 is 4.74 Å². The largest absolute Gasteiger partial charge is 0.372 e. The lowest BCUT2D eigenvalue weighted by molar-refractivity contribution is 0.00203. The lowest BCUT2D eigenvalue weighted by Gasteiger charge is -2.26. The highest BCUT2D eigenvalue weighted by molar-refractivity contribution is 7.99. The molecule has 3 aromatic heterocycles. The fraction of sp³-hybridized carbons (Fsp3) is 0.381. The Labute approximate surface area is 202 Å². The van der Waals surface area contributed by atoms with E-state index in [0.29, 0.717) is 28.3 Å². The van der Waals surface area contributed by atoms with Crippen LogP contribution in [0.4, 0.5) is 0 Å². The minimum atomic E-state index is 0.213. The molecule has 5 rings (SSSR count). The Morgan fingerprint density at radius 3 is 2.71 bits per heavy atom. The van der Waals surface area contributed by atoms with Crippen LogP contribution in [-0.2, 0) is 23.5 Å². The molecule has 1 aliphatic rings. The van der Waals surface area contributed by atoms with Gasteiger partial charge in [-0.1, -0.05) is 66.6 Å². The van der Waals surface area contributed by atoms with Gasteiger partial charge in [0.05, 0.1) is 18.1 Å². The number of halogens is 2. The van der Waals surface area contributed by atoms with Crippen molar-refractivity contribution in [3.8, 4) is 0 Å². The van der Waals surface area contributed by atoms with Crippen molar-refractivity contribution >= 4 is 73.9 Å². The summed E-state index contributed by atoms with van der Waals surface area (Å²) in [5.74, 6) is 1.07. The summed E-state index contributed by atoms with van der Waals surface area (Å²) in [6.07, 6.45) is 3.12. The van der Waals surface area contributed by atoms with Crippen molar-refractivity contribution in [2.24, 2.45) is 5.92 Å². The Kier molecular flexibility index (Phi) is 6.13. The predicted octanol–water partition coefficient (Wildman–Crippen LogP) is 6.76. The number of hydrogen-bond acceptors (Lipinski definition) is 7. The van der Waals surface area contributed by atoms with Crippen LogP contribution in [-0.4, -0.2) is 31.9 Å². The van der Waals surface area contributed by atoms with E-state index >= 15 is 0 Å². The molecular formula is C21H20Cl2N4OS3. The Balaban J connectivity index is 1.60. The molecule has 1 atom stereocenters. The van der Waals surface area contributed by atoms with E-state index in [0.717, 1.165) is 38.2 Å². The van der Waals surface area contributed by atoms with E-state index in [1.165, 1.54) is 10.4 Å². The van der Waals surface area contributed by atoms with E-state index in [1.807, 2.05) is 24.5 Å². The highest BCUT2D eigenvalue weighted by Crippen LogP contribution is 2.40. The van der Waals surface area contributed by atoms with Gasteiger partial charge in [0.25, 0.3) is 0 Å². The van der Waals surface area contributed by atoms with E-state index in [1.54, 1.807) is 34.9 Å². The van der Waals surface area contributed by atoms with Crippen LogP contribution in [0.2, 0.25) is 10.0 Å². The van der Waals surface area contributed by atoms with Crippen molar-refractivity contribution in [3.05, 3.63) is 44.2 Å². The zero-order valence-corrected chi connectivity index (χ0v) is 21.1. The molecule has 0 unspecified atom stereocenters. The van der Waals surface area contributed by atoms with Gasteiger partial charge in [-0.25, -0.2) is 9.38 Å². The number of aromatic nitrogens is 4. The van der Waals surface area contributed by atoms with Crippen LogP contribution >= 0.6 is 58.1 Å². The van der Waals surface area contributed by atoms with Gasteiger partial charge in [0, 0.05) is 27.1 Å². The minimum Gasteiger partial charge on any atom is -0.372 e. The normalized spacial score (nSPS) is 16.5. The fourth-order valence-corrected chi connectivity index (χ4v) is 7.24. The first kappa shape index (κ1) is 21.8. The summed E-state index contributed by atoms with van der Waals surface area (Å²) in [5, 5.41) is 13.2. The number of thiophene rings is 1. The van der Waals surface area contributed by atoms with Gasteiger partial charge in [-0.15, -0.1) is 21.5 Å². The van der Waals surface area contributed by atoms with E-state index < -0.39 is 0 Å².